The summed E-state index contributed by atoms with van der Waals surface area (Å²) in [7, 11) is 0. The molecule has 2 aliphatic rings. The molecule has 2 N–H and O–H groups in total. The van der Waals surface area contributed by atoms with Crippen molar-refractivity contribution in [2.75, 3.05) is 6.61 Å². The summed E-state index contributed by atoms with van der Waals surface area (Å²) < 4.78 is 5.77. The average Bonchev–Trinajstić information content (AvgIpc) is 3.03. The number of hydrogen-bond donors (Lipinski definition) is 2. The number of rotatable bonds is 0. The Balaban J connectivity index is 2.17. The summed E-state index contributed by atoms with van der Waals surface area (Å²) in [6.07, 6.45) is 1.55. The van der Waals surface area contributed by atoms with Gasteiger partial charge in [0.15, 0.2) is 0 Å². The predicted molar refractivity (Wildman–Crippen MR) is 59.7 cm³/mol. The molecule has 1 aliphatic heterocycles. The van der Waals surface area contributed by atoms with Gasteiger partial charge < -0.3 is 14.9 Å². The van der Waals surface area contributed by atoms with Crippen molar-refractivity contribution in [3.05, 3.63) is 22.8 Å². The van der Waals surface area contributed by atoms with Crippen LogP contribution < -0.4 is 4.74 Å². The lowest BCUT2D eigenvalue weighted by Gasteiger charge is -2.32. The molecular weight excluding hydrogens is 204 g/mol. The van der Waals surface area contributed by atoms with Gasteiger partial charge in [-0.25, -0.2) is 0 Å². The first-order valence-electron chi connectivity index (χ1n) is 5.69. The van der Waals surface area contributed by atoms with E-state index in [4.69, 9.17) is 4.74 Å². The molecule has 1 aromatic rings. The van der Waals surface area contributed by atoms with Crippen LogP contribution in [0.1, 0.15) is 35.6 Å². The lowest BCUT2D eigenvalue weighted by atomic mass is 9.88. The lowest BCUT2D eigenvalue weighted by Crippen LogP contribution is -2.27. The average molecular weight is 220 g/mol. The fraction of sp³-hybridized carbons (Fsp3) is 0.538. The highest BCUT2D eigenvalue weighted by Crippen LogP contribution is 2.59. The van der Waals surface area contributed by atoms with E-state index in [0.717, 1.165) is 35.3 Å². The number of phenols is 1. The van der Waals surface area contributed by atoms with Crippen molar-refractivity contribution in [3.8, 4) is 11.5 Å². The molecule has 1 spiro atoms. The first kappa shape index (κ1) is 9.97. The van der Waals surface area contributed by atoms with Crippen LogP contribution in [-0.2, 0) is 0 Å². The van der Waals surface area contributed by atoms with Crippen LogP contribution in [0.2, 0.25) is 0 Å². The molecule has 3 rings (SSSR count). The monoisotopic (exact) mass is 220 g/mol. The minimum absolute atomic E-state index is 0.0683. The van der Waals surface area contributed by atoms with Gasteiger partial charge in [0, 0.05) is 11.0 Å². The first-order chi connectivity index (χ1) is 7.55. The molecule has 0 aromatic heterocycles. The highest BCUT2D eigenvalue weighted by molar-refractivity contribution is 5.54. The number of fused-ring (bicyclic) bond motifs is 1. The summed E-state index contributed by atoms with van der Waals surface area (Å²) >= 11 is 0. The number of phenolic OH excluding ortho intramolecular Hbond substituents is 1. The Morgan fingerprint density at radius 1 is 1.31 bits per heavy atom. The van der Waals surface area contributed by atoms with Crippen LogP contribution in [-0.4, -0.2) is 16.8 Å². The lowest BCUT2D eigenvalue weighted by molar-refractivity contribution is 0.0337. The summed E-state index contributed by atoms with van der Waals surface area (Å²) in [6, 6.07) is 1.65. The topological polar surface area (TPSA) is 49.7 Å². The van der Waals surface area contributed by atoms with Crippen molar-refractivity contribution in [2.24, 2.45) is 5.41 Å². The quantitative estimate of drug-likeness (QED) is 0.704. The third-order valence-electron chi connectivity index (χ3n) is 4.11. The smallest absolute Gasteiger partial charge is 0.128 e. The Hall–Kier alpha value is -1.22. The minimum atomic E-state index is -0.485. The third-order valence-corrected chi connectivity index (χ3v) is 4.11. The van der Waals surface area contributed by atoms with Crippen molar-refractivity contribution >= 4 is 0 Å². The molecule has 0 amide bonds. The number of hydrogen-bond acceptors (Lipinski definition) is 3. The van der Waals surface area contributed by atoms with E-state index in [-0.39, 0.29) is 11.2 Å². The molecule has 86 valence electrons. The van der Waals surface area contributed by atoms with Crippen molar-refractivity contribution in [3.63, 3.8) is 0 Å². The number of aliphatic hydroxyl groups excluding tert-OH is 1. The summed E-state index contributed by atoms with van der Waals surface area (Å²) in [5.41, 5.74) is 2.45. The van der Waals surface area contributed by atoms with E-state index in [9.17, 15) is 10.2 Å². The molecule has 0 radical (unpaired) electrons. The van der Waals surface area contributed by atoms with E-state index in [2.05, 4.69) is 0 Å². The molecule has 1 heterocycles. The fourth-order valence-corrected chi connectivity index (χ4v) is 2.50. The van der Waals surface area contributed by atoms with E-state index < -0.39 is 6.10 Å². The minimum Gasteiger partial charge on any atom is -0.508 e. The summed E-state index contributed by atoms with van der Waals surface area (Å²) in [5, 5.41) is 20.1. The van der Waals surface area contributed by atoms with Gasteiger partial charge in [-0.15, -0.1) is 0 Å². The van der Waals surface area contributed by atoms with E-state index >= 15 is 0 Å². The molecule has 1 atom stereocenters. The van der Waals surface area contributed by atoms with Gasteiger partial charge in [0.1, 0.15) is 11.5 Å². The van der Waals surface area contributed by atoms with Crippen molar-refractivity contribution in [1.29, 1.82) is 0 Å². The zero-order chi connectivity index (χ0) is 11.5. The van der Waals surface area contributed by atoms with Crippen LogP contribution >= 0.6 is 0 Å². The molecule has 1 unspecified atom stereocenters. The van der Waals surface area contributed by atoms with Gasteiger partial charge in [-0.2, -0.15) is 0 Å². The summed E-state index contributed by atoms with van der Waals surface area (Å²) in [4.78, 5) is 0. The predicted octanol–water partition coefficient (Wildman–Crippen LogP) is 2.22. The van der Waals surface area contributed by atoms with Crippen LogP contribution in [0.4, 0.5) is 0 Å². The number of benzene rings is 1. The van der Waals surface area contributed by atoms with Crippen LogP contribution in [0, 0.1) is 19.3 Å². The standard InChI is InChI=1S/C13H16O3/c1-7-8(2)11-9(5-10(7)14)12(15)13(3-4-13)6-16-11/h5,12,14-15H,3-4,6H2,1-2H3. The third kappa shape index (κ3) is 1.12. The van der Waals surface area contributed by atoms with Crippen molar-refractivity contribution < 1.29 is 14.9 Å². The molecule has 0 saturated heterocycles. The first-order valence-corrected chi connectivity index (χ1v) is 5.69. The maximum Gasteiger partial charge on any atom is 0.128 e. The van der Waals surface area contributed by atoms with Crippen LogP contribution in [0.5, 0.6) is 11.5 Å². The highest BCUT2D eigenvalue weighted by atomic mass is 16.5. The van der Waals surface area contributed by atoms with E-state index in [1.165, 1.54) is 0 Å². The zero-order valence-electron chi connectivity index (χ0n) is 9.58. The summed E-state index contributed by atoms with van der Waals surface area (Å²) in [5.74, 6) is 1.01. The van der Waals surface area contributed by atoms with Gasteiger partial charge in [0.25, 0.3) is 0 Å². The molecular formula is C13H16O3. The van der Waals surface area contributed by atoms with Gasteiger partial charge in [0.2, 0.25) is 0 Å². The molecule has 0 bridgehead atoms. The molecule has 1 fully saturated rings. The van der Waals surface area contributed by atoms with Crippen LogP contribution in [0.3, 0.4) is 0 Å². The number of aromatic hydroxyl groups is 1. The van der Waals surface area contributed by atoms with Gasteiger partial charge in [-0.1, -0.05) is 0 Å². The molecule has 16 heavy (non-hydrogen) atoms. The Kier molecular flexibility index (Phi) is 1.82. The molecule has 1 aromatic carbocycles. The van der Waals surface area contributed by atoms with Gasteiger partial charge >= 0.3 is 0 Å². The number of aliphatic hydroxyl groups is 1. The fourth-order valence-electron chi connectivity index (χ4n) is 2.50. The number of ether oxygens (including phenoxy) is 1. The SMILES string of the molecule is Cc1c(O)cc2c(c1C)OCC1(CC1)C2O. The van der Waals surface area contributed by atoms with Crippen LogP contribution in [0.15, 0.2) is 6.07 Å². The Morgan fingerprint density at radius 3 is 2.62 bits per heavy atom. The second kappa shape index (κ2) is 2.92. The Labute approximate surface area is 94.7 Å². The van der Waals surface area contributed by atoms with Crippen molar-refractivity contribution in [2.45, 2.75) is 32.8 Å². The Morgan fingerprint density at radius 2 is 2.00 bits per heavy atom. The largest absolute Gasteiger partial charge is 0.508 e. The van der Waals surface area contributed by atoms with Gasteiger partial charge in [0.05, 0.1) is 12.7 Å². The summed E-state index contributed by atoms with van der Waals surface area (Å²) in [6.45, 7) is 4.39. The molecule has 3 heteroatoms. The maximum absolute atomic E-state index is 10.3. The molecule has 3 nitrogen and oxygen atoms in total. The van der Waals surface area contributed by atoms with Gasteiger partial charge in [-0.05, 0) is 43.9 Å². The van der Waals surface area contributed by atoms with Gasteiger partial charge in [-0.3, -0.25) is 0 Å². The van der Waals surface area contributed by atoms with Crippen molar-refractivity contribution in [1.82, 2.24) is 0 Å². The van der Waals surface area contributed by atoms with E-state index in [1.54, 1.807) is 6.07 Å². The van der Waals surface area contributed by atoms with Crippen LogP contribution in [0.25, 0.3) is 0 Å². The zero-order valence-corrected chi connectivity index (χ0v) is 9.58. The second-order valence-electron chi connectivity index (χ2n) is 5.12. The Bertz CT molecular complexity index is 461. The maximum atomic E-state index is 10.3. The molecule has 1 aliphatic carbocycles. The normalized spacial score (nSPS) is 25.1. The molecule has 1 saturated carbocycles. The van der Waals surface area contributed by atoms with E-state index in [1.807, 2.05) is 13.8 Å². The highest BCUT2D eigenvalue weighted by Gasteiger charge is 2.53. The van der Waals surface area contributed by atoms with E-state index in [0.29, 0.717) is 6.61 Å². The second-order valence-corrected chi connectivity index (χ2v) is 5.12.